The fourth-order valence-electron chi connectivity index (χ4n) is 10.5. The van der Waals surface area contributed by atoms with Crippen LogP contribution in [0.25, 0.3) is 0 Å². The minimum atomic E-state index is -1.77. The van der Waals surface area contributed by atoms with Crippen LogP contribution in [0.1, 0.15) is 76.7 Å². The fraction of sp³-hybridized carbons (Fsp3) is 0.667. The van der Waals surface area contributed by atoms with Crippen molar-refractivity contribution in [1.29, 1.82) is 0 Å². The van der Waals surface area contributed by atoms with Crippen molar-refractivity contribution >= 4 is 82.8 Å². The second-order valence-electron chi connectivity index (χ2n) is 20.6. The zero-order valence-electron chi connectivity index (χ0n) is 50.1. The van der Waals surface area contributed by atoms with Crippen LogP contribution < -0.4 is 30.3 Å². The van der Waals surface area contributed by atoms with E-state index in [0.29, 0.717) is 21.4 Å². The summed E-state index contributed by atoms with van der Waals surface area (Å²) in [6.45, 7) is 12.5. The molecular formula is C57H80IN3O21S4. The number of carbonyl (C=O) groups is 3. The first-order valence-corrected chi connectivity index (χ1v) is 33.7. The van der Waals surface area contributed by atoms with Crippen LogP contribution >= 0.6 is 65.8 Å². The maximum absolute atomic E-state index is 14.5. The molecule has 0 spiro atoms. The molecule has 0 saturated carbocycles. The summed E-state index contributed by atoms with van der Waals surface area (Å²) in [6, 6.07) is -1.28. The summed E-state index contributed by atoms with van der Waals surface area (Å²) in [5.74, 6) is 11.4. The van der Waals surface area contributed by atoms with Gasteiger partial charge in [-0.15, -0.1) is 5.92 Å². The van der Waals surface area contributed by atoms with Crippen molar-refractivity contribution in [1.82, 2.24) is 16.1 Å². The molecule has 29 heteroatoms. The molecule has 4 fully saturated rings. The van der Waals surface area contributed by atoms with Crippen molar-refractivity contribution in [2.45, 2.75) is 183 Å². The van der Waals surface area contributed by atoms with Crippen molar-refractivity contribution in [3.63, 3.8) is 0 Å². The molecule has 8 N–H and O–H groups in total. The van der Waals surface area contributed by atoms with Gasteiger partial charge in [0.15, 0.2) is 36.2 Å². The van der Waals surface area contributed by atoms with Gasteiger partial charge >= 0.3 is 6.09 Å². The number of ketones is 1. The average molecular weight is 1400 g/mol. The van der Waals surface area contributed by atoms with E-state index in [9.17, 15) is 39.9 Å². The first-order chi connectivity index (χ1) is 41.0. The molecule has 86 heavy (non-hydrogen) atoms. The molecule has 19 atom stereocenters. The number of thioether (sulfide) groups is 1. The van der Waals surface area contributed by atoms with Gasteiger partial charge in [-0.05, 0) is 110 Å². The van der Waals surface area contributed by atoms with Crippen LogP contribution in [-0.2, 0) is 52.3 Å². The molecule has 5 aliphatic rings. The number of halogens is 1. The molecule has 6 rings (SSSR count). The lowest BCUT2D eigenvalue weighted by molar-refractivity contribution is -0.336. The number of nitrogens with one attached hydrogen (secondary N) is 3. The number of allylic oxidation sites excluding steroid dienone is 3. The Morgan fingerprint density at radius 1 is 0.895 bits per heavy atom. The van der Waals surface area contributed by atoms with Gasteiger partial charge in [0.05, 0.1) is 96.2 Å². The second kappa shape index (κ2) is 33.9. The maximum Gasteiger partial charge on any atom is 0.411 e. The summed E-state index contributed by atoms with van der Waals surface area (Å²) in [4.78, 5) is 47.6. The SMILES string of the molecule is CC#C/C=C\C#C[C@H](OC1OC(C)C(NOC2CC(O)C(SC(=O)c3c(C)c(I)c(OC4OC(C)C(O)C(OC)C4O)c(OC)c3OC)C(C)O2)C(O)C1OC1CC(OC)C(NCC)CO1)C1=C(NC(=O)OC)C(=O)C[C@](C)(O)/C1=C/CSSSC. The number of hydrogen-bond donors (Lipinski definition) is 8. The normalized spacial score (nSPS) is 34.0. The minimum Gasteiger partial charge on any atom is -0.492 e. The van der Waals surface area contributed by atoms with Gasteiger partial charge in [-0.2, -0.15) is 5.48 Å². The minimum absolute atomic E-state index is 0.0149. The third-order valence-corrected chi connectivity index (χ3v) is 21.3. The zero-order valence-corrected chi connectivity index (χ0v) is 55.6. The number of amides is 1. The number of alkyl carbamates (subject to hydrolysis) is 1. The van der Waals surface area contributed by atoms with Crippen LogP contribution in [0.3, 0.4) is 0 Å². The second-order valence-corrected chi connectivity index (χ2v) is 27.2. The Hall–Kier alpha value is -2.94. The van der Waals surface area contributed by atoms with E-state index in [4.69, 9.17) is 61.7 Å². The van der Waals surface area contributed by atoms with Gasteiger partial charge in [-0.3, -0.25) is 19.7 Å². The Kier molecular flexibility index (Phi) is 28.5. The van der Waals surface area contributed by atoms with Crippen LogP contribution in [0.15, 0.2) is 35.1 Å². The van der Waals surface area contributed by atoms with Crippen LogP contribution in [0.2, 0.25) is 0 Å². The number of likely N-dealkylation sites (N-methyl/N-ethyl adjacent to an activating group) is 1. The first-order valence-electron chi connectivity index (χ1n) is 27.6. The van der Waals surface area contributed by atoms with Crippen molar-refractivity contribution in [3.05, 3.63) is 49.8 Å². The predicted molar refractivity (Wildman–Crippen MR) is 331 cm³/mol. The number of carbonyl (C=O) groups excluding carboxylic acids is 3. The smallest absolute Gasteiger partial charge is 0.411 e. The summed E-state index contributed by atoms with van der Waals surface area (Å²) in [5.41, 5.74) is 1.71. The molecule has 480 valence electrons. The predicted octanol–water partition coefficient (Wildman–Crippen LogP) is 4.22. The number of methoxy groups -OCH3 is 5. The van der Waals surface area contributed by atoms with Gasteiger partial charge in [0.1, 0.15) is 36.6 Å². The molecule has 0 radical (unpaired) electrons. The highest BCUT2D eigenvalue weighted by atomic mass is 127. The Balaban J connectivity index is 1.27. The van der Waals surface area contributed by atoms with E-state index in [1.807, 2.05) is 35.8 Å². The van der Waals surface area contributed by atoms with E-state index in [0.717, 1.165) is 18.9 Å². The van der Waals surface area contributed by atoms with Crippen LogP contribution in [0.4, 0.5) is 4.79 Å². The Morgan fingerprint density at radius 2 is 1.60 bits per heavy atom. The summed E-state index contributed by atoms with van der Waals surface area (Å²) < 4.78 is 72.7. The molecule has 1 aromatic carbocycles. The van der Waals surface area contributed by atoms with E-state index in [1.54, 1.807) is 47.8 Å². The number of ether oxygens (including phenoxy) is 12. The van der Waals surface area contributed by atoms with Crippen molar-refractivity contribution < 1.29 is 102 Å². The van der Waals surface area contributed by atoms with E-state index >= 15 is 0 Å². The zero-order chi connectivity index (χ0) is 63.2. The molecular weight excluding hydrogens is 1320 g/mol. The maximum atomic E-state index is 14.5. The Labute approximate surface area is 531 Å². The third kappa shape index (κ3) is 17.6. The fourth-order valence-corrected chi connectivity index (χ4v) is 14.7. The first kappa shape index (κ1) is 72.1. The number of hydroxylamine groups is 1. The molecule has 1 aliphatic carbocycles. The summed E-state index contributed by atoms with van der Waals surface area (Å²) in [5, 5.41) is 62.6. The summed E-state index contributed by atoms with van der Waals surface area (Å²) >= 11 is 2.83. The number of hydrogen-bond acceptors (Lipinski definition) is 27. The molecule has 0 aromatic heterocycles. The van der Waals surface area contributed by atoms with E-state index in [1.165, 1.54) is 71.8 Å². The largest absolute Gasteiger partial charge is 0.492 e. The highest BCUT2D eigenvalue weighted by Crippen LogP contribution is 2.49. The topological polar surface area (TPSA) is 308 Å². The molecule has 4 aliphatic heterocycles. The molecule has 4 heterocycles. The third-order valence-electron chi connectivity index (χ3n) is 14.9. The van der Waals surface area contributed by atoms with Gasteiger partial charge in [0, 0.05) is 44.8 Å². The lowest BCUT2D eigenvalue weighted by Crippen LogP contribution is -2.65. The monoisotopic (exact) mass is 1400 g/mol. The number of benzene rings is 1. The number of aliphatic hydroxyl groups excluding tert-OH is 4. The molecule has 0 bridgehead atoms. The lowest BCUT2D eigenvalue weighted by atomic mass is 9.76. The van der Waals surface area contributed by atoms with Gasteiger partial charge in [0.2, 0.25) is 17.2 Å². The average Bonchev–Trinajstić information content (AvgIpc) is 0.989. The summed E-state index contributed by atoms with van der Waals surface area (Å²) in [7, 11) is 11.3. The van der Waals surface area contributed by atoms with Crippen LogP contribution in [0.5, 0.6) is 17.2 Å². The van der Waals surface area contributed by atoms with Crippen LogP contribution in [-0.4, -0.2) is 218 Å². The highest BCUT2D eigenvalue weighted by molar-refractivity contribution is 14.1. The van der Waals surface area contributed by atoms with Gasteiger partial charge < -0.3 is 87.7 Å². The van der Waals surface area contributed by atoms with Gasteiger partial charge in [-0.1, -0.05) is 64.1 Å². The lowest BCUT2D eigenvalue weighted by Gasteiger charge is -2.46. The number of rotatable bonds is 23. The summed E-state index contributed by atoms with van der Waals surface area (Å²) in [6.07, 6.45) is -11.7. The van der Waals surface area contributed by atoms with Gasteiger partial charge in [-0.25, -0.2) is 4.79 Å². The van der Waals surface area contributed by atoms with Crippen LogP contribution in [0, 0.1) is 34.2 Å². The van der Waals surface area contributed by atoms with Crippen molar-refractivity contribution in [3.8, 4) is 40.9 Å². The van der Waals surface area contributed by atoms with Gasteiger partial charge in [0.25, 0.3) is 0 Å². The quantitative estimate of drug-likeness (QED) is 0.0250. The number of Topliss-reactive ketones (excluding diaryl/α,β-unsaturated/α-hetero) is 1. The van der Waals surface area contributed by atoms with Crippen molar-refractivity contribution in [2.24, 2.45) is 0 Å². The van der Waals surface area contributed by atoms with Crippen molar-refractivity contribution in [2.75, 3.05) is 60.7 Å². The molecule has 4 saturated heterocycles. The Bertz CT molecular complexity index is 2710. The highest BCUT2D eigenvalue weighted by Gasteiger charge is 2.52. The molecule has 1 aromatic rings. The molecule has 1 amide bonds. The van der Waals surface area contributed by atoms with E-state index in [-0.39, 0.29) is 71.2 Å². The number of aliphatic hydroxyl groups is 5. The molecule has 24 nitrogen and oxygen atoms in total. The Morgan fingerprint density at radius 3 is 2.24 bits per heavy atom. The van der Waals surface area contributed by atoms with E-state index in [2.05, 4.69) is 39.8 Å². The standard InChI is InChI=1S/C57H80IN3O21S4/c1-14-16-17-18-19-20-35(40-31(21-22-84-86-83-13)57(7,69)25-34(63)43(40)60-56(68)74-12)79-55-50(80-37-24-36(70-8)32(26-75-37)59-15-2)45(65)42(28(4)77-55)61-82-38-23-33(62)52(30(6)76-38)85-53(67)39-27(3)41(58)48(51(73-11)47(39)71-9)81-54-46(66)49(72-10)44(64)29(5)78-54/h17-18,21,28-30,32-33,35-38,42,44-46,49-50,52,54-55,59,61-62,64-66,69H,15,22-26H2,1-13H3,(H,60,68)/b18-17-,31-21+/t28?,29?,30?,32?,33?,35-,36?,37?,38?,42?,44?,45?,46?,49?,50?,52?,54?,55?,57-/m0/s1. The molecule has 17 unspecified atom stereocenters. The van der Waals surface area contributed by atoms with E-state index < -0.39 is 127 Å².